The van der Waals surface area contributed by atoms with E-state index < -0.39 is 36.6 Å². The quantitative estimate of drug-likeness (QED) is 0.740. The van der Waals surface area contributed by atoms with Gasteiger partial charge < -0.3 is 14.7 Å². The molecule has 2 aromatic rings. The highest BCUT2D eigenvalue weighted by atomic mass is 16.7. The zero-order valence-electron chi connectivity index (χ0n) is 15.0. The number of ether oxygens (including phenoxy) is 1. The van der Waals surface area contributed by atoms with E-state index >= 15 is 0 Å². The Balaban J connectivity index is 1.68. The third-order valence-electron chi connectivity index (χ3n) is 4.85. The van der Waals surface area contributed by atoms with Crippen molar-refractivity contribution in [2.24, 2.45) is 0 Å². The Labute approximate surface area is 159 Å². The second-order valence-electron chi connectivity index (χ2n) is 6.50. The van der Waals surface area contributed by atoms with Crippen LogP contribution in [0.5, 0.6) is 0 Å². The summed E-state index contributed by atoms with van der Waals surface area (Å²) in [6.07, 6.45) is 1.48. The largest absolute Gasteiger partial charge is 0.480 e. The highest BCUT2D eigenvalue weighted by Crippen LogP contribution is 2.44. The first-order valence-corrected chi connectivity index (χ1v) is 8.63. The lowest BCUT2D eigenvalue weighted by molar-refractivity contribution is -0.147. The van der Waals surface area contributed by atoms with Gasteiger partial charge in [0.1, 0.15) is 19.2 Å². The normalized spacial score (nSPS) is 20.2. The number of nitrogens with zero attached hydrogens (tertiary/aromatic N) is 4. The number of carbonyl (C=O) groups excluding carboxylic acids is 2. The molecule has 2 amide bonds. The smallest absolute Gasteiger partial charge is 0.345 e. The van der Waals surface area contributed by atoms with Crippen molar-refractivity contribution in [3.05, 3.63) is 53.3 Å². The van der Waals surface area contributed by atoms with Gasteiger partial charge in [0.15, 0.2) is 6.04 Å². The molecule has 1 N–H and O–H groups in total. The number of benzene rings is 1. The number of aromatic nitrogens is 2. The molecule has 0 radical (unpaired) electrons. The Bertz CT molecular complexity index is 927. The van der Waals surface area contributed by atoms with E-state index in [0.717, 1.165) is 5.56 Å². The van der Waals surface area contributed by atoms with Crippen LogP contribution >= 0.6 is 0 Å². The average Bonchev–Trinajstić information content (AvgIpc) is 3.21. The summed E-state index contributed by atoms with van der Waals surface area (Å²) in [5.74, 6) is -1.77. The fourth-order valence-corrected chi connectivity index (χ4v) is 3.62. The molecule has 1 aromatic carbocycles. The number of carbonyl (C=O) groups is 3. The van der Waals surface area contributed by atoms with Gasteiger partial charge in [-0.1, -0.05) is 30.3 Å². The van der Waals surface area contributed by atoms with Crippen molar-refractivity contribution in [2.45, 2.75) is 25.2 Å². The maximum atomic E-state index is 12.9. The summed E-state index contributed by atoms with van der Waals surface area (Å²) >= 11 is 0. The van der Waals surface area contributed by atoms with Crippen LogP contribution in [0.15, 0.2) is 36.5 Å². The molecule has 2 atom stereocenters. The minimum absolute atomic E-state index is 0.179. The molecule has 3 heterocycles. The molecular weight excluding hydrogens is 368 g/mol. The summed E-state index contributed by atoms with van der Waals surface area (Å²) in [4.78, 5) is 43.6. The molecule has 0 spiro atoms. The fraction of sp³-hybridized carbons (Fsp3) is 0.333. The molecule has 2 aliphatic rings. The lowest BCUT2D eigenvalue weighted by Crippen LogP contribution is -2.40. The monoisotopic (exact) mass is 386 g/mol. The predicted molar refractivity (Wildman–Crippen MR) is 92.5 cm³/mol. The Kier molecular flexibility index (Phi) is 4.47. The SMILES string of the molecule is COC(=O)[C@@H]1c2c(cnn2CC(=O)O)[C@@H]2CN1C(=O)N2OCc1ccccc1. The van der Waals surface area contributed by atoms with Crippen LogP contribution in [-0.4, -0.2) is 56.5 Å². The number of aliphatic carboxylic acids is 1. The summed E-state index contributed by atoms with van der Waals surface area (Å²) in [5.41, 5.74) is 1.80. The van der Waals surface area contributed by atoms with Gasteiger partial charge in [0.05, 0.1) is 25.5 Å². The number of amides is 2. The standard InChI is InChI=1S/C18H18N4O6/c1-27-17(25)16-15-12(7-19-21(15)9-14(23)24)13-8-20(16)18(26)22(13)28-10-11-5-3-2-4-6-11/h2-7,13,16H,8-10H2,1H3,(H,23,24)/t13-,16-/m0/s1. The number of carboxylic acids is 1. The van der Waals surface area contributed by atoms with Crippen molar-refractivity contribution >= 4 is 18.0 Å². The van der Waals surface area contributed by atoms with Crippen LogP contribution in [0.2, 0.25) is 0 Å². The van der Waals surface area contributed by atoms with Crippen molar-refractivity contribution in [1.29, 1.82) is 0 Å². The van der Waals surface area contributed by atoms with E-state index in [1.54, 1.807) is 0 Å². The van der Waals surface area contributed by atoms with E-state index in [1.165, 1.54) is 28.0 Å². The minimum Gasteiger partial charge on any atom is -0.480 e. The Hall–Kier alpha value is -3.40. The number of rotatable bonds is 6. The van der Waals surface area contributed by atoms with Crippen LogP contribution in [0.4, 0.5) is 4.79 Å². The van der Waals surface area contributed by atoms with Gasteiger partial charge in [-0.15, -0.1) is 0 Å². The number of hydroxylamine groups is 2. The third kappa shape index (κ3) is 2.87. The van der Waals surface area contributed by atoms with Gasteiger partial charge in [-0.25, -0.2) is 9.59 Å². The fourth-order valence-electron chi connectivity index (χ4n) is 3.62. The van der Waals surface area contributed by atoms with Crippen LogP contribution in [-0.2, 0) is 32.3 Å². The molecule has 146 valence electrons. The summed E-state index contributed by atoms with van der Waals surface area (Å²) in [5, 5.41) is 14.5. The molecule has 1 aromatic heterocycles. The summed E-state index contributed by atoms with van der Waals surface area (Å²) in [6, 6.07) is 7.33. The number of hydrogen-bond acceptors (Lipinski definition) is 6. The zero-order chi connectivity index (χ0) is 19.8. The van der Waals surface area contributed by atoms with Gasteiger partial charge in [-0.05, 0) is 5.56 Å². The number of hydrogen-bond donors (Lipinski definition) is 1. The maximum Gasteiger partial charge on any atom is 0.345 e. The van der Waals surface area contributed by atoms with Crippen molar-refractivity contribution in [3.8, 4) is 0 Å². The van der Waals surface area contributed by atoms with Crippen molar-refractivity contribution < 1.29 is 29.1 Å². The van der Waals surface area contributed by atoms with Crippen molar-refractivity contribution in [3.63, 3.8) is 0 Å². The molecule has 0 saturated carbocycles. The Morgan fingerprint density at radius 1 is 1.29 bits per heavy atom. The van der Waals surface area contributed by atoms with Crippen LogP contribution in [0.3, 0.4) is 0 Å². The van der Waals surface area contributed by atoms with Crippen LogP contribution in [0.1, 0.15) is 28.9 Å². The second kappa shape index (κ2) is 6.97. The molecule has 1 saturated heterocycles. The number of carboxylic acid groups (broad SMARTS) is 1. The lowest BCUT2D eigenvalue weighted by atomic mass is 9.98. The van der Waals surface area contributed by atoms with Gasteiger partial charge in [0, 0.05) is 5.56 Å². The Morgan fingerprint density at radius 3 is 2.71 bits per heavy atom. The van der Waals surface area contributed by atoms with Crippen LogP contribution < -0.4 is 0 Å². The Morgan fingerprint density at radius 2 is 2.04 bits per heavy atom. The summed E-state index contributed by atoms with van der Waals surface area (Å²) in [7, 11) is 1.22. The molecule has 1 fully saturated rings. The molecule has 4 rings (SSSR count). The van der Waals surface area contributed by atoms with E-state index in [0.29, 0.717) is 11.3 Å². The molecule has 2 aliphatic heterocycles. The van der Waals surface area contributed by atoms with Gasteiger partial charge in [-0.3, -0.25) is 14.3 Å². The van der Waals surface area contributed by atoms with Crippen LogP contribution in [0.25, 0.3) is 0 Å². The molecule has 10 heteroatoms. The van der Waals surface area contributed by atoms with Gasteiger partial charge in [0.25, 0.3) is 0 Å². The van der Waals surface area contributed by atoms with Gasteiger partial charge in [0.2, 0.25) is 0 Å². The molecule has 28 heavy (non-hydrogen) atoms. The van der Waals surface area contributed by atoms with E-state index in [1.807, 2.05) is 30.3 Å². The molecular formula is C18H18N4O6. The molecule has 0 aliphatic carbocycles. The summed E-state index contributed by atoms with van der Waals surface area (Å²) < 4.78 is 6.07. The molecule has 0 unspecified atom stereocenters. The highest BCUT2D eigenvalue weighted by molar-refractivity contribution is 5.87. The minimum atomic E-state index is -1.11. The maximum absolute atomic E-state index is 12.9. The molecule has 2 bridgehead atoms. The first-order valence-electron chi connectivity index (χ1n) is 8.63. The lowest BCUT2D eigenvalue weighted by Gasteiger charge is -2.29. The third-order valence-corrected chi connectivity index (χ3v) is 4.85. The number of fused-ring (bicyclic) bond motifs is 4. The topological polar surface area (TPSA) is 114 Å². The van der Waals surface area contributed by atoms with E-state index in [2.05, 4.69) is 5.10 Å². The van der Waals surface area contributed by atoms with E-state index in [4.69, 9.17) is 14.7 Å². The zero-order valence-corrected chi connectivity index (χ0v) is 15.0. The first-order chi connectivity index (χ1) is 13.5. The van der Waals surface area contributed by atoms with Crippen molar-refractivity contribution in [1.82, 2.24) is 19.7 Å². The van der Waals surface area contributed by atoms with E-state index in [9.17, 15) is 14.4 Å². The predicted octanol–water partition coefficient (Wildman–Crippen LogP) is 1.11. The number of methoxy groups -OCH3 is 1. The van der Waals surface area contributed by atoms with E-state index in [-0.39, 0.29) is 13.2 Å². The number of esters is 1. The molecule has 10 nitrogen and oxygen atoms in total. The number of urea groups is 1. The average molecular weight is 386 g/mol. The van der Waals surface area contributed by atoms with Gasteiger partial charge in [-0.2, -0.15) is 10.2 Å². The summed E-state index contributed by atoms with van der Waals surface area (Å²) in [6.45, 7) is -0.0278. The van der Waals surface area contributed by atoms with Gasteiger partial charge >= 0.3 is 18.0 Å². The first kappa shape index (κ1) is 18.0. The second-order valence-corrected chi connectivity index (χ2v) is 6.50. The van der Waals surface area contributed by atoms with Crippen molar-refractivity contribution in [2.75, 3.05) is 13.7 Å². The highest BCUT2D eigenvalue weighted by Gasteiger charge is 2.53. The van der Waals surface area contributed by atoms with Crippen LogP contribution in [0, 0.1) is 0 Å².